The molecule has 0 unspecified atom stereocenters. The lowest BCUT2D eigenvalue weighted by Gasteiger charge is -2.15. The largest absolute Gasteiger partial charge is 0.270 e. The topological polar surface area (TPSA) is 20.3 Å². The molecule has 25 heavy (non-hydrogen) atoms. The fourth-order valence-corrected chi connectivity index (χ4v) is 4.32. The summed E-state index contributed by atoms with van der Waals surface area (Å²) in [6, 6.07) is 16.2. The van der Waals surface area contributed by atoms with Crippen LogP contribution in [0.3, 0.4) is 0 Å². The Kier molecular flexibility index (Phi) is 5.67. The molecule has 0 saturated carbocycles. The normalized spacial score (nSPS) is 16.3. The Morgan fingerprint density at radius 1 is 1.16 bits per heavy atom. The molecule has 0 aliphatic carbocycles. The van der Waals surface area contributed by atoms with Crippen molar-refractivity contribution in [2.75, 3.05) is 11.2 Å². The third kappa shape index (κ3) is 4.00. The molecule has 1 fully saturated rings. The van der Waals surface area contributed by atoms with Crippen LogP contribution in [0.5, 0.6) is 0 Å². The molecule has 0 radical (unpaired) electrons. The van der Waals surface area contributed by atoms with Crippen molar-refractivity contribution in [3.8, 4) is 0 Å². The zero-order valence-electron chi connectivity index (χ0n) is 14.4. The molecule has 3 rings (SSSR count). The molecule has 2 nitrogen and oxygen atoms in total. The van der Waals surface area contributed by atoms with Gasteiger partial charge in [-0.05, 0) is 47.6 Å². The maximum absolute atomic E-state index is 12.8. The van der Waals surface area contributed by atoms with Gasteiger partial charge < -0.3 is 0 Å². The van der Waals surface area contributed by atoms with Gasteiger partial charge in [-0.25, -0.2) is 0 Å². The summed E-state index contributed by atoms with van der Waals surface area (Å²) in [5, 5.41) is 0. The Morgan fingerprint density at radius 2 is 1.88 bits per heavy atom. The molecule has 1 aliphatic rings. The molecule has 1 saturated heterocycles. The van der Waals surface area contributed by atoms with E-state index in [4.69, 9.17) is 12.2 Å². The van der Waals surface area contributed by atoms with E-state index in [-0.39, 0.29) is 5.91 Å². The average molecular weight is 386 g/mol. The average Bonchev–Trinajstić information content (AvgIpc) is 2.89. The highest BCUT2D eigenvalue weighted by Crippen LogP contribution is 2.37. The van der Waals surface area contributed by atoms with Crippen molar-refractivity contribution in [1.29, 1.82) is 0 Å². The number of benzene rings is 2. The van der Waals surface area contributed by atoms with Crippen LogP contribution in [0.25, 0.3) is 6.08 Å². The second-order valence-corrected chi connectivity index (χ2v) is 8.60. The van der Waals surface area contributed by atoms with Gasteiger partial charge in [-0.2, -0.15) is 0 Å². The molecule has 1 amide bonds. The van der Waals surface area contributed by atoms with Gasteiger partial charge in [0.2, 0.25) is 0 Å². The molecular formula is C20H19NOS3. The van der Waals surface area contributed by atoms with E-state index >= 15 is 0 Å². The second kappa shape index (κ2) is 7.77. The van der Waals surface area contributed by atoms with E-state index in [9.17, 15) is 4.79 Å². The highest BCUT2D eigenvalue weighted by Gasteiger charge is 2.33. The van der Waals surface area contributed by atoms with E-state index in [1.165, 1.54) is 17.3 Å². The summed E-state index contributed by atoms with van der Waals surface area (Å²) < 4.78 is 0.577. The standard InChI is InChI=1S/C20H19NOS3/c1-13(2)15-9-7-14(8-10-15)11-18-19(22)21(20(23)25-18)16-5-4-6-17(12-16)24-3/h4-13H,1-3H3/b18-11+. The van der Waals surface area contributed by atoms with Crippen LogP contribution in [-0.4, -0.2) is 16.5 Å². The highest BCUT2D eigenvalue weighted by atomic mass is 32.2. The molecule has 0 atom stereocenters. The molecule has 1 heterocycles. The summed E-state index contributed by atoms with van der Waals surface area (Å²) in [4.78, 5) is 16.2. The van der Waals surface area contributed by atoms with Crippen LogP contribution in [0.1, 0.15) is 30.9 Å². The van der Waals surface area contributed by atoms with Crippen LogP contribution in [0.2, 0.25) is 0 Å². The number of anilines is 1. The Morgan fingerprint density at radius 3 is 2.52 bits per heavy atom. The number of hydrogen-bond acceptors (Lipinski definition) is 4. The molecule has 2 aromatic carbocycles. The second-order valence-electron chi connectivity index (χ2n) is 6.04. The molecular weight excluding hydrogens is 366 g/mol. The van der Waals surface area contributed by atoms with E-state index in [0.29, 0.717) is 15.1 Å². The summed E-state index contributed by atoms with van der Waals surface area (Å²) in [5.74, 6) is 0.442. The molecule has 0 spiro atoms. The fourth-order valence-electron chi connectivity index (χ4n) is 2.57. The first-order valence-corrected chi connectivity index (χ1v) is 10.5. The van der Waals surface area contributed by atoms with Crippen LogP contribution in [0.15, 0.2) is 58.3 Å². The molecule has 0 N–H and O–H groups in total. The summed E-state index contributed by atoms with van der Waals surface area (Å²) in [5.41, 5.74) is 3.13. The van der Waals surface area contributed by atoms with Crippen molar-refractivity contribution in [3.63, 3.8) is 0 Å². The van der Waals surface area contributed by atoms with Gasteiger partial charge >= 0.3 is 0 Å². The van der Waals surface area contributed by atoms with Crippen molar-refractivity contribution in [2.24, 2.45) is 0 Å². The summed E-state index contributed by atoms with van der Waals surface area (Å²) in [6.07, 6.45) is 3.94. The molecule has 128 valence electrons. The van der Waals surface area contributed by atoms with Crippen LogP contribution >= 0.6 is 35.7 Å². The van der Waals surface area contributed by atoms with Gasteiger partial charge in [-0.15, -0.1) is 11.8 Å². The first kappa shape index (κ1) is 18.2. The Bertz CT molecular complexity index is 840. The monoisotopic (exact) mass is 385 g/mol. The van der Waals surface area contributed by atoms with Crippen molar-refractivity contribution in [3.05, 3.63) is 64.6 Å². The molecule has 1 aliphatic heterocycles. The van der Waals surface area contributed by atoms with Gasteiger partial charge in [0.1, 0.15) is 0 Å². The highest BCUT2D eigenvalue weighted by molar-refractivity contribution is 8.27. The maximum Gasteiger partial charge on any atom is 0.270 e. The predicted molar refractivity (Wildman–Crippen MR) is 114 cm³/mol. The van der Waals surface area contributed by atoms with E-state index in [1.54, 1.807) is 16.7 Å². The van der Waals surface area contributed by atoms with Crippen LogP contribution < -0.4 is 4.90 Å². The summed E-state index contributed by atoms with van der Waals surface area (Å²) in [6.45, 7) is 4.34. The van der Waals surface area contributed by atoms with E-state index < -0.39 is 0 Å². The van der Waals surface area contributed by atoms with Gasteiger partial charge in [-0.3, -0.25) is 9.69 Å². The van der Waals surface area contributed by atoms with E-state index in [0.717, 1.165) is 16.1 Å². The molecule has 0 bridgehead atoms. The van der Waals surface area contributed by atoms with Gasteiger partial charge in [0.15, 0.2) is 4.32 Å². The Labute approximate surface area is 162 Å². The number of carbonyl (C=O) groups excluding carboxylic acids is 1. The Balaban J connectivity index is 1.87. The van der Waals surface area contributed by atoms with Crippen LogP contribution in [-0.2, 0) is 4.79 Å². The van der Waals surface area contributed by atoms with Gasteiger partial charge in [0.05, 0.1) is 10.6 Å². The zero-order chi connectivity index (χ0) is 18.0. The van der Waals surface area contributed by atoms with Gasteiger partial charge in [0.25, 0.3) is 5.91 Å². The maximum atomic E-state index is 12.8. The number of carbonyl (C=O) groups is 1. The first-order valence-electron chi connectivity index (χ1n) is 8.01. The number of thioether (sulfide) groups is 2. The minimum Gasteiger partial charge on any atom is -0.268 e. The fraction of sp³-hybridized carbons (Fsp3) is 0.200. The number of thiocarbonyl (C=S) groups is 1. The molecule has 5 heteroatoms. The lowest BCUT2D eigenvalue weighted by atomic mass is 10.0. The number of nitrogens with zero attached hydrogens (tertiary/aromatic N) is 1. The minimum atomic E-state index is -0.0545. The third-order valence-corrected chi connectivity index (χ3v) is 6.03. The van der Waals surface area contributed by atoms with Crippen molar-refractivity contribution in [1.82, 2.24) is 0 Å². The first-order chi connectivity index (χ1) is 12.0. The van der Waals surface area contributed by atoms with Crippen LogP contribution in [0.4, 0.5) is 5.69 Å². The summed E-state index contributed by atoms with van der Waals surface area (Å²) >= 11 is 8.45. The van der Waals surface area contributed by atoms with E-state index in [2.05, 4.69) is 38.1 Å². The van der Waals surface area contributed by atoms with Crippen molar-refractivity contribution in [2.45, 2.75) is 24.7 Å². The number of rotatable bonds is 4. The SMILES string of the molecule is CSc1cccc(N2C(=O)/C(=C\c3ccc(C(C)C)cc3)SC2=S)c1. The third-order valence-electron chi connectivity index (χ3n) is 4.01. The number of hydrogen-bond donors (Lipinski definition) is 0. The summed E-state index contributed by atoms with van der Waals surface area (Å²) in [7, 11) is 0. The molecule has 2 aromatic rings. The number of amides is 1. The lowest BCUT2D eigenvalue weighted by Crippen LogP contribution is -2.27. The predicted octanol–water partition coefficient (Wildman–Crippen LogP) is 5.94. The van der Waals surface area contributed by atoms with Crippen molar-refractivity contribution < 1.29 is 4.79 Å². The molecule has 0 aromatic heterocycles. The van der Waals surface area contributed by atoms with Crippen LogP contribution in [0, 0.1) is 0 Å². The quantitative estimate of drug-likeness (QED) is 0.369. The lowest BCUT2D eigenvalue weighted by molar-refractivity contribution is -0.113. The van der Waals surface area contributed by atoms with E-state index in [1.807, 2.05) is 36.6 Å². The Hall–Kier alpha value is -1.56. The minimum absolute atomic E-state index is 0.0545. The van der Waals surface area contributed by atoms with Gasteiger partial charge in [-0.1, -0.05) is 68.2 Å². The zero-order valence-corrected chi connectivity index (χ0v) is 16.8. The smallest absolute Gasteiger partial charge is 0.268 e. The van der Waals surface area contributed by atoms with Gasteiger partial charge in [0, 0.05) is 4.90 Å². The van der Waals surface area contributed by atoms with Crippen molar-refractivity contribution >= 4 is 57.7 Å².